The molecular formula is C54H92O6. The van der Waals surface area contributed by atoms with Gasteiger partial charge < -0.3 is 14.2 Å². The second kappa shape index (κ2) is 48.5. The predicted molar refractivity (Wildman–Crippen MR) is 256 cm³/mol. The lowest BCUT2D eigenvalue weighted by molar-refractivity contribution is -0.167. The Labute approximate surface area is 370 Å². The molecule has 1 atom stereocenters. The number of carbonyl (C=O) groups excluding carboxylic acids is 3. The van der Waals surface area contributed by atoms with Crippen LogP contribution in [0, 0.1) is 0 Å². The Kier molecular flexibility index (Phi) is 46.0. The monoisotopic (exact) mass is 837 g/mol. The molecule has 0 fully saturated rings. The first-order chi connectivity index (χ1) is 29.5. The average molecular weight is 837 g/mol. The second-order valence-corrected chi connectivity index (χ2v) is 16.3. The number of hydrogen-bond acceptors (Lipinski definition) is 6. The molecule has 0 bridgehead atoms. The van der Waals surface area contributed by atoms with Gasteiger partial charge in [0, 0.05) is 19.3 Å². The van der Waals surface area contributed by atoms with E-state index in [4.69, 9.17) is 14.2 Å². The Hall–Kier alpha value is -3.15. The normalized spacial score (nSPS) is 12.7. The highest BCUT2D eigenvalue weighted by Gasteiger charge is 2.19. The maximum absolute atomic E-state index is 12.8. The zero-order valence-corrected chi connectivity index (χ0v) is 39.2. The van der Waals surface area contributed by atoms with Gasteiger partial charge in [-0.25, -0.2) is 0 Å². The Morgan fingerprint density at radius 3 is 1.02 bits per heavy atom. The molecular weight excluding hydrogens is 745 g/mol. The maximum atomic E-state index is 12.8. The smallest absolute Gasteiger partial charge is 0.306 e. The summed E-state index contributed by atoms with van der Waals surface area (Å²) in [5.41, 5.74) is 0. The van der Waals surface area contributed by atoms with Crippen molar-refractivity contribution in [3.63, 3.8) is 0 Å². The standard InChI is InChI=1S/C54H92O6/c1-4-7-10-13-16-19-22-25-28-31-34-37-40-43-46-52(55)58-49-51(60-54(57)48-45-42-39-36-33-30-27-24-21-18-15-12-9-6-3)50-59-53(56)47-44-41-38-35-32-29-26-23-20-17-14-11-8-5-2/h7,9-10,12,16,18-19,21,25,27-28,30,51H,4-6,8,11,13-15,17,20,22-24,26,29,31-50H2,1-3H3/b10-7-,12-9-,19-16-,21-18-,28-25-,30-27-. The van der Waals surface area contributed by atoms with E-state index in [1.54, 1.807) is 0 Å². The lowest BCUT2D eigenvalue weighted by atomic mass is 10.0. The van der Waals surface area contributed by atoms with E-state index in [1.807, 2.05) is 0 Å². The summed E-state index contributed by atoms with van der Waals surface area (Å²) in [5.74, 6) is -0.935. The van der Waals surface area contributed by atoms with Gasteiger partial charge >= 0.3 is 17.9 Å². The number of ether oxygens (including phenoxy) is 3. The van der Waals surface area contributed by atoms with Crippen molar-refractivity contribution in [1.29, 1.82) is 0 Å². The van der Waals surface area contributed by atoms with Gasteiger partial charge in [0.05, 0.1) is 0 Å². The van der Waals surface area contributed by atoms with E-state index in [1.165, 1.54) is 70.6 Å². The highest BCUT2D eigenvalue weighted by molar-refractivity contribution is 5.71. The van der Waals surface area contributed by atoms with E-state index in [2.05, 4.69) is 93.7 Å². The van der Waals surface area contributed by atoms with Gasteiger partial charge in [-0.3, -0.25) is 14.4 Å². The quantitative estimate of drug-likeness (QED) is 0.0263. The molecule has 6 nitrogen and oxygen atoms in total. The Bertz CT molecular complexity index is 1140. The van der Waals surface area contributed by atoms with Crippen molar-refractivity contribution < 1.29 is 28.6 Å². The molecule has 0 amide bonds. The van der Waals surface area contributed by atoms with Gasteiger partial charge in [0.2, 0.25) is 0 Å². The summed E-state index contributed by atoms with van der Waals surface area (Å²) in [6.07, 6.45) is 60.2. The van der Waals surface area contributed by atoms with Gasteiger partial charge in [0.25, 0.3) is 0 Å². The van der Waals surface area contributed by atoms with Crippen LogP contribution < -0.4 is 0 Å². The van der Waals surface area contributed by atoms with Crippen LogP contribution in [0.1, 0.15) is 233 Å². The van der Waals surface area contributed by atoms with Crippen molar-refractivity contribution in [3.05, 3.63) is 72.9 Å². The minimum Gasteiger partial charge on any atom is -0.462 e. The molecule has 0 N–H and O–H groups in total. The highest BCUT2D eigenvalue weighted by atomic mass is 16.6. The molecule has 6 heteroatoms. The molecule has 344 valence electrons. The fraction of sp³-hybridized carbons (Fsp3) is 0.722. The summed E-state index contributed by atoms with van der Waals surface area (Å²) >= 11 is 0. The third kappa shape index (κ3) is 45.9. The Balaban J connectivity index is 4.45. The van der Waals surface area contributed by atoms with E-state index in [0.29, 0.717) is 19.3 Å². The first kappa shape index (κ1) is 56.9. The molecule has 0 saturated carbocycles. The number of esters is 3. The van der Waals surface area contributed by atoms with Gasteiger partial charge in [-0.05, 0) is 83.5 Å². The third-order valence-corrected chi connectivity index (χ3v) is 10.5. The topological polar surface area (TPSA) is 78.9 Å². The van der Waals surface area contributed by atoms with E-state index in [0.717, 1.165) is 122 Å². The van der Waals surface area contributed by atoms with Crippen molar-refractivity contribution in [2.45, 2.75) is 239 Å². The maximum Gasteiger partial charge on any atom is 0.306 e. The molecule has 0 radical (unpaired) electrons. The van der Waals surface area contributed by atoms with Crippen LogP contribution in [-0.2, 0) is 28.6 Å². The van der Waals surface area contributed by atoms with E-state index in [9.17, 15) is 14.4 Å². The lowest BCUT2D eigenvalue weighted by Crippen LogP contribution is -2.30. The summed E-state index contributed by atoms with van der Waals surface area (Å²) in [4.78, 5) is 37.9. The molecule has 0 aliphatic heterocycles. The van der Waals surface area contributed by atoms with Crippen LogP contribution in [0.5, 0.6) is 0 Å². The molecule has 60 heavy (non-hydrogen) atoms. The SMILES string of the molecule is CC/C=C\C/C=C\C/C=C\CCCCCCC(=O)OCC(COC(=O)CCCCCCCCCCCCCCCC)OC(=O)CCCCCC/C=C\C/C=C\C/C=C\CC. The van der Waals surface area contributed by atoms with Crippen LogP contribution in [0.25, 0.3) is 0 Å². The van der Waals surface area contributed by atoms with Crippen LogP contribution in [-0.4, -0.2) is 37.2 Å². The van der Waals surface area contributed by atoms with Gasteiger partial charge in [-0.15, -0.1) is 0 Å². The minimum atomic E-state index is -0.793. The summed E-state index contributed by atoms with van der Waals surface area (Å²) < 4.78 is 16.7. The second-order valence-electron chi connectivity index (χ2n) is 16.3. The summed E-state index contributed by atoms with van der Waals surface area (Å²) in [5, 5.41) is 0. The molecule has 1 unspecified atom stereocenters. The fourth-order valence-electron chi connectivity index (χ4n) is 6.76. The summed E-state index contributed by atoms with van der Waals surface area (Å²) in [6, 6.07) is 0. The molecule has 0 aromatic heterocycles. The molecule has 0 aromatic rings. The Morgan fingerprint density at radius 2 is 0.650 bits per heavy atom. The third-order valence-electron chi connectivity index (χ3n) is 10.5. The first-order valence-corrected chi connectivity index (χ1v) is 24.9. The minimum absolute atomic E-state index is 0.0906. The molecule has 0 aliphatic carbocycles. The van der Waals surface area contributed by atoms with Gasteiger partial charge in [-0.1, -0.05) is 203 Å². The van der Waals surface area contributed by atoms with Crippen LogP contribution in [0.4, 0.5) is 0 Å². The first-order valence-electron chi connectivity index (χ1n) is 24.9. The molecule has 0 saturated heterocycles. The predicted octanol–water partition coefficient (Wildman–Crippen LogP) is 16.3. The highest BCUT2D eigenvalue weighted by Crippen LogP contribution is 2.15. The van der Waals surface area contributed by atoms with Crippen molar-refractivity contribution in [2.75, 3.05) is 13.2 Å². The fourth-order valence-corrected chi connectivity index (χ4v) is 6.76. The zero-order valence-electron chi connectivity index (χ0n) is 39.2. The van der Waals surface area contributed by atoms with E-state index < -0.39 is 6.10 Å². The summed E-state index contributed by atoms with van der Waals surface area (Å²) in [6.45, 7) is 6.37. The van der Waals surface area contributed by atoms with Crippen LogP contribution >= 0.6 is 0 Å². The molecule has 0 rings (SSSR count). The number of carbonyl (C=O) groups is 3. The van der Waals surface area contributed by atoms with Crippen molar-refractivity contribution in [1.82, 2.24) is 0 Å². The molecule has 0 aromatic carbocycles. The van der Waals surface area contributed by atoms with Crippen LogP contribution in [0.2, 0.25) is 0 Å². The van der Waals surface area contributed by atoms with Crippen LogP contribution in [0.3, 0.4) is 0 Å². The average Bonchev–Trinajstić information content (AvgIpc) is 3.24. The van der Waals surface area contributed by atoms with Crippen molar-refractivity contribution >= 4 is 17.9 Å². The van der Waals surface area contributed by atoms with E-state index in [-0.39, 0.29) is 31.1 Å². The number of hydrogen-bond donors (Lipinski definition) is 0. The zero-order chi connectivity index (χ0) is 43.7. The van der Waals surface area contributed by atoms with Gasteiger partial charge in [-0.2, -0.15) is 0 Å². The lowest BCUT2D eigenvalue weighted by Gasteiger charge is -2.18. The largest absolute Gasteiger partial charge is 0.462 e. The molecule has 0 aliphatic rings. The number of allylic oxidation sites excluding steroid dienone is 12. The van der Waals surface area contributed by atoms with Crippen LogP contribution in [0.15, 0.2) is 72.9 Å². The Morgan fingerprint density at radius 1 is 0.350 bits per heavy atom. The van der Waals surface area contributed by atoms with Gasteiger partial charge in [0.15, 0.2) is 6.10 Å². The van der Waals surface area contributed by atoms with Gasteiger partial charge in [0.1, 0.15) is 13.2 Å². The molecule has 0 heterocycles. The summed E-state index contributed by atoms with van der Waals surface area (Å²) in [7, 11) is 0. The molecule has 0 spiro atoms. The van der Waals surface area contributed by atoms with Crippen molar-refractivity contribution in [2.24, 2.45) is 0 Å². The number of rotatable bonds is 44. The van der Waals surface area contributed by atoms with Crippen molar-refractivity contribution in [3.8, 4) is 0 Å². The van der Waals surface area contributed by atoms with E-state index >= 15 is 0 Å². The number of unbranched alkanes of at least 4 members (excludes halogenated alkanes) is 21.